The predicted molar refractivity (Wildman–Crippen MR) is 76.4 cm³/mol. The van der Waals surface area contributed by atoms with Gasteiger partial charge < -0.3 is 11.1 Å². The summed E-state index contributed by atoms with van der Waals surface area (Å²) in [5.41, 5.74) is 5.71. The van der Waals surface area contributed by atoms with E-state index in [1.807, 2.05) is 13.8 Å². The second kappa shape index (κ2) is 7.20. The van der Waals surface area contributed by atoms with Gasteiger partial charge in [0, 0.05) is 31.4 Å². The Balaban J connectivity index is 2.53. The Kier molecular flexibility index (Phi) is 5.90. The zero-order valence-electron chi connectivity index (χ0n) is 11.6. The Bertz CT molecular complexity index is 560. The minimum Gasteiger partial charge on any atom is -0.398 e. The molecule has 1 rings (SSSR count). The van der Waals surface area contributed by atoms with Crippen molar-refractivity contribution in [3.8, 4) is 0 Å². The van der Waals surface area contributed by atoms with Crippen LogP contribution in [0.15, 0.2) is 23.4 Å². The summed E-state index contributed by atoms with van der Waals surface area (Å²) in [5.74, 6) is -0.193. The minimum absolute atomic E-state index is 0.0128. The van der Waals surface area contributed by atoms with Crippen LogP contribution in [0, 0.1) is 0 Å². The molecule has 20 heavy (non-hydrogen) atoms. The number of hydrogen-bond donors (Lipinski definition) is 3. The average molecular weight is 300 g/mol. The summed E-state index contributed by atoms with van der Waals surface area (Å²) in [5, 5.41) is 2.76. The van der Waals surface area contributed by atoms with Crippen molar-refractivity contribution in [1.29, 1.82) is 0 Å². The van der Waals surface area contributed by atoms with E-state index in [0.29, 0.717) is 0 Å². The fourth-order valence-electron chi connectivity index (χ4n) is 1.44. The van der Waals surface area contributed by atoms with Crippen molar-refractivity contribution in [2.24, 2.45) is 0 Å². The first kappa shape index (κ1) is 16.4. The second-order valence-corrected chi connectivity index (χ2v) is 6.17. The third-order valence-corrected chi connectivity index (χ3v) is 4.27. The van der Waals surface area contributed by atoms with E-state index in [0.717, 1.165) is 6.42 Å². The van der Waals surface area contributed by atoms with Crippen LogP contribution in [0.5, 0.6) is 0 Å². The molecule has 1 aromatic rings. The summed E-state index contributed by atoms with van der Waals surface area (Å²) in [4.78, 5) is 15.2. The molecule has 4 N–H and O–H groups in total. The summed E-state index contributed by atoms with van der Waals surface area (Å²) in [7, 11) is -3.74. The lowest BCUT2D eigenvalue weighted by Crippen LogP contribution is -2.35. The number of nitrogens with zero attached hydrogens (tertiary/aromatic N) is 1. The minimum atomic E-state index is -3.74. The van der Waals surface area contributed by atoms with Gasteiger partial charge in [-0.1, -0.05) is 6.92 Å². The number of nitrogen functional groups attached to an aromatic ring is 1. The van der Waals surface area contributed by atoms with Crippen LogP contribution in [-0.2, 0) is 14.8 Å². The van der Waals surface area contributed by atoms with Crippen LogP contribution in [-0.4, -0.2) is 31.9 Å². The Morgan fingerprint density at radius 3 is 2.80 bits per heavy atom. The first-order valence-corrected chi connectivity index (χ1v) is 7.83. The number of sulfonamides is 1. The van der Waals surface area contributed by atoms with E-state index in [4.69, 9.17) is 5.73 Å². The van der Waals surface area contributed by atoms with Crippen molar-refractivity contribution in [2.45, 2.75) is 37.6 Å². The van der Waals surface area contributed by atoms with Gasteiger partial charge in [-0.05, 0) is 19.4 Å². The predicted octanol–water partition coefficient (Wildman–Crippen LogP) is 0.247. The fourth-order valence-corrected chi connectivity index (χ4v) is 2.55. The molecule has 1 aromatic heterocycles. The van der Waals surface area contributed by atoms with E-state index in [1.54, 1.807) is 0 Å². The van der Waals surface area contributed by atoms with E-state index in [1.165, 1.54) is 18.5 Å². The molecule has 1 amide bonds. The van der Waals surface area contributed by atoms with Gasteiger partial charge in [0.1, 0.15) is 4.90 Å². The van der Waals surface area contributed by atoms with Gasteiger partial charge in [0.25, 0.3) is 0 Å². The van der Waals surface area contributed by atoms with Crippen LogP contribution >= 0.6 is 0 Å². The van der Waals surface area contributed by atoms with Crippen molar-refractivity contribution in [2.75, 3.05) is 12.3 Å². The average Bonchev–Trinajstić information content (AvgIpc) is 2.38. The van der Waals surface area contributed by atoms with Crippen LogP contribution in [0.2, 0.25) is 0 Å². The zero-order chi connectivity index (χ0) is 15.2. The molecule has 8 heteroatoms. The Hall–Kier alpha value is -1.67. The number of pyridine rings is 1. The van der Waals surface area contributed by atoms with Gasteiger partial charge in [-0.3, -0.25) is 9.78 Å². The van der Waals surface area contributed by atoms with Crippen LogP contribution < -0.4 is 15.8 Å². The molecule has 0 radical (unpaired) electrons. The zero-order valence-corrected chi connectivity index (χ0v) is 12.4. The summed E-state index contributed by atoms with van der Waals surface area (Å²) in [6.07, 6.45) is 3.48. The standard InChI is InChI=1S/C12H20N4O3S/c1-3-9(2)16-12(17)5-7-15-20(18,19)11-8-14-6-4-10(11)13/h4,6,8-9,15H,3,5,7H2,1-2H3,(H2,13,14)(H,16,17). The lowest BCUT2D eigenvalue weighted by Gasteiger charge is -2.12. The van der Waals surface area contributed by atoms with Crippen LogP contribution in [0.25, 0.3) is 0 Å². The number of amides is 1. The highest BCUT2D eigenvalue weighted by molar-refractivity contribution is 7.89. The third kappa shape index (κ3) is 4.78. The maximum atomic E-state index is 12.0. The van der Waals surface area contributed by atoms with E-state index >= 15 is 0 Å². The summed E-state index contributed by atoms with van der Waals surface area (Å²) in [6, 6.07) is 1.48. The van der Waals surface area contributed by atoms with E-state index < -0.39 is 10.0 Å². The molecule has 1 heterocycles. The molecule has 1 unspecified atom stereocenters. The Labute approximate surface area is 119 Å². The van der Waals surface area contributed by atoms with Gasteiger partial charge in [-0.15, -0.1) is 0 Å². The highest BCUT2D eigenvalue weighted by Gasteiger charge is 2.17. The van der Waals surface area contributed by atoms with Gasteiger partial charge in [0.05, 0.1) is 5.69 Å². The molecule has 0 aromatic carbocycles. The lowest BCUT2D eigenvalue weighted by atomic mass is 10.2. The molecular weight excluding hydrogens is 280 g/mol. The summed E-state index contributed by atoms with van der Waals surface area (Å²) in [6.45, 7) is 3.86. The number of nitrogens with one attached hydrogen (secondary N) is 2. The second-order valence-electron chi connectivity index (χ2n) is 4.44. The SMILES string of the molecule is CCC(C)NC(=O)CCNS(=O)(=O)c1cnccc1N. The first-order chi connectivity index (χ1) is 9.36. The number of carbonyl (C=O) groups excluding carboxylic acids is 1. The van der Waals surface area contributed by atoms with Crippen LogP contribution in [0.4, 0.5) is 5.69 Å². The van der Waals surface area contributed by atoms with Gasteiger partial charge in [0.15, 0.2) is 0 Å². The normalized spacial score (nSPS) is 12.9. The van der Waals surface area contributed by atoms with Crippen molar-refractivity contribution in [3.63, 3.8) is 0 Å². The van der Waals surface area contributed by atoms with Crippen LogP contribution in [0.1, 0.15) is 26.7 Å². The summed E-state index contributed by atoms with van der Waals surface area (Å²) < 4.78 is 26.2. The largest absolute Gasteiger partial charge is 0.398 e. The maximum Gasteiger partial charge on any atom is 0.244 e. The topological polar surface area (TPSA) is 114 Å². The van der Waals surface area contributed by atoms with E-state index in [9.17, 15) is 13.2 Å². The van der Waals surface area contributed by atoms with Crippen LogP contribution in [0.3, 0.4) is 0 Å². The van der Waals surface area contributed by atoms with Gasteiger partial charge in [-0.25, -0.2) is 13.1 Å². The molecule has 0 aliphatic carbocycles. The number of carbonyl (C=O) groups is 1. The molecule has 112 valence electrons. The molecule has 0 fully saturated rings. The quantitative estimate of drug-likeness (QED) is 0.667. The van der Waals surface area contributed by atoms with Crippen molar-refractivity contribution in [3.05, 3.63) is 18.5 Å². The fraction of sp³-hybridized carbons (Fsp3) is 0.500. The number of hydrogen-bond acceptors (Lipinski definition) is 5. The van der Waals surface area contributed by atoms with Gasteiger partial charge >= 0.3 is 0 Å². The lowest BCUT2D eigenvalue weighted by molar-refractivity contribution is -0.121. The van der Waals surface area contributed by atoms with Crippen molar-refractivity contribution < 1.29 is 13.2 Å². The molecule has 0 spiro atoms. The Morgan fingerprint density at radius 2 is 2.20 bits per heavy atom. The molecule has 0 saturated carbocycles. The van der Waals surface area contributed by atoms with E-state index in [-0.39, 0.29) is 35.5 Å². The molecule has 0 saturated heterocycles. The number of rotatable bonds is 7. The number of anilines is 1. The van der Waals surface area contributed by atoms with Gasteiger partial charge in [0.2, 0.25) is 15.9 Å². The monoisotopic (exact) mass is 300 g/mol. The third-order valence-electron chi connectivity index (χ3n) is 2.77. The van der Waals surface area contributed by atoms with E-state index in [2.05, 4.69) is 15.0 Å². The molecule has 0 bridgehead atoms. The first-order valence-electron chi connectivity index (χ1n) is 6.35. The smallest absolute Gasteiger partial charge is 0.244 e. The molecule has 0 aliphatic rings. The Morgan fingerprint density at radius 1 is 1.50 bits per heavy atom. The highest BCUT2D eigenvalue weighted by atomic mass is 32.2. The number of aromatic nitrogens is 1. The number of nitrogens with two attached hydrogens (primary N) is 1. The van der Waals surface area contributed by atoms with Crippen molar-refractivity contribution in [1.82, 2.24) is 15.0 Å². The maximum absolute atomic E-state index is 12.0. The molecule has 7 nitrogen and oxygen atoms in total. The molecule has 1 atom stereocenters. The summed E-state index contributed by atoms with van der Waals surface area (Å²) >= 11 is 0. The van der Waals surface area contributed by atoms with Gasteiger partial charge in [-0.2, -0.15) is 0 Å². The van der Waals surface area contributed by atoms with Crippen molar-refractivity contribution >= 4 is 21.6 Å². The molecular formula is C12H20N4O3S. The highest BCUT2D eigenvalue weighted by Crippen LogP contribution is 2.14. The molecule has 0 aliphatic heterocycles.